The molecule has 0 saturated heterocycles. The molecule has 0 fully saturated rings. The molecule has 1 heterocycles. The molecule has 0 unspecified atom stereocenters. The van der Waals surface area contributed by atoms with Gasteiger partial charge in [-0.3, -0.25) is 4.79 Å². The standard InChI is InChI=1S/C20H27N5O.HI/c1-4-21-20(24-14-17-8-5-15(2)6-9-17)22-12-11-19(26)25-18-10-7-16(3)13-23-18;/h5-10,13H,4,11-12,14H2,1-3H3,(H2,21,22,24)(H,23,25,26);1H. The predicted molar refractivity (Wildman–Crippen MR) is 122 cm³/mol. The van der Waals surface area contributed by atoms with Crippen molar-refractivity contribution in [1.29, 1.82) is 0 Å². The minimum Gasteiger partial charge on any atom is -0.357 e. The smallest absolute Gasteiger partial charge is 0.227 e. The Hall–Kier alpha value is -2.16. The summed E-state index contributed by atoms with van der Waals surface area (Å²) in [6.45, 7) is 7.89. The second kappa shape index (κ2) is 12.3. The first-order valence-corrected chi connectivity index (χ1v) is 8.87. The summed E-state index contributed by atoms with van der Waals surface area (Å²) in [5.74, 6) is 1.19. The third-order valence-electron chi connectivity index (χ3n) is 3.71. The summed E-state index contributed by atoms with van der Waals surface area (Å²) >= 11 is 0. The fourth-order valence-electron chi connectivity index (χ4n) is 2.25. The molecule has 1 aromatic carbocycles. The zero-order valence-corrected chi connectivity index (χ0v) is 18.4. The summed E-state index contributed by atoms with van der Waals surface area (Å²) in [4.78, 5) is 20.7. The molecule has 0 saturated carbocycles. The SMILES string of the molecule is CCNC(=NCc1ccc(C)cc1)NCCC(=O)Nc1ccc(C)cn1.I. The Balaban J connectivity index is 0.00000364. The molecule has 2 aromatic rings. The van der Waals surface area contributed by atoms with Gasteiger partial charge >= 0.3 is 0 Å². The minimum atomic E-state index is -0.0803. The van der Waals surface area contributed by atoms with E-state index in [0.29, 0.717) is 31.3 Å². The lowest BCUT2D eigenvalue weighted by Gasteiger charge is -2.11. The number of halogens is 1. The summed E-state index contributed by atoms with van der Waals surface area (Å²) in [7, 11) is 0. The zero-order valence-electron chi connectivity index (χ0n) is 16.1. The molecular formula is C20H28IN5O. The van der Waals surface area contributed by atoms with Gasteiger partial charge in [-0.2, -0.15) is 0 Å². The molecule has 146 valence electrons. The molecular weight excluding hydrogens is 453 g/mol. The molecule has 1 aromatic heterocycles. The molecule has 6 nitrogen and oxygen atoms in total. The van der Waals surface area contributed by atoms with Crippen molar-refractivity contribution in [2.24, 2.45) is 4.99 Å². The molecule has 27 heavy (non-hydrogen) atoms. The Kier molecular flexibility index (Phi) is 10.4. The summed E-state index contributed by atoms with van der Waals surface area (Å²) in [5, 5.41) is 9.16. The molecule has 0 aliphatic heterocycles. The number of guanidine groups is 1. The molecule has 0 spiro atoms. The number of aryl methyl sites for hydroxylation is 2. The molecule has 3 N–H and O–H groups in total. The lowest BCUT2D eigenvalue weighted by molar-refractivity contribution is -0.116. The van der Waals surface area contributed by atoms with E-state index in [9.17, 15) is 4.79 Å². The molecule has 7 heteroatoms. The minimum absolute atomic E-state index is 0. The number of hydrogen-bond donors (Lipinski definition) is 3. The predicted octanol–water partition coefficient (Wildman–Crippen LogP) is 3.40. The Morgan fingerprint density at radius 3 is 2.37 bits per heavy atom. The van der Waals surface area contributed by atoms with Crippen LogP contribution in [0.2, 0.25) is 0 Å². The summed E-state index contributed by atoms with van der Waals surface area (Å²) in [6.07, 6.45) is 2.07. The average Bonchev–Trinajstić information content (AvgIpc) is 2.63. The van der Waals surface area contributed by atoms with Gasteiger partial charge in [0, 0.05) is 25.7 Å². The van der Waals surface area contributed by atoms with Crippen LogP contribution in [0.1, 0.15) is 30.0 Å². The maximum Gasteiger partial charge on any atom is 0.227 e. The molecule has 0 aliphatic rings. The highest BCUT2D eigenvalue weighted by molar-refractivity contribution is 14.0. The fourth-order valence-corrected chi connectivity index (χ4v) is 2.25. The van der Waals surface area contributed by atoms with Gasteiger partial charge in [-0.15, -0.1) is 24.0 Å². The highest BCUT2D eigenvalue weighted by Crippen LogP contribution is 2.05. The van der Waals surface area contributed by atoms with E-state index in [1.165, 1.54) is 5.56 Å². The van der Waals surface area contributed by atoms with E-state index in [0.717, 1.165) is 17.7 Å². The Morgan fingerprint density at radius 2 is 1.74 bits per heavy atom. The number of hydrogen-bond acceptors (Lipinski definition) is 3. The van der Waals surface area contributed by atoms with Gasteiger partial charge < -0.3 is 16.0 Å². The molecule has 0 atom stereocenters. The van der Waals surface area contributed by atoms with Gasteiger partial charge in [0.15, 0.2) is 5.96 Å². The van der Waals surface area contributed by atoms with E-state index in [4.69, 9.17) is 0 Å². The molecule has 0 aliphatic carbocycles. The van der Waals surface area contributed by atoms with Gasteiger partial charge in [-0.25, -0.2) is 9.98 Å². The molecule has 2 rings (SSSR count). The van der Waals surface area contributed by atoms with E-state index in [-0.39, 0.29) is 29.9 Å². The van der Waals surface area contributed by atoms with Crippen LogP contribution in [0.15, 0.2) is 47.6 Å². The van der Waals surface area contributed by atoms with Crippen LogP contribution < -0.4 is 16.0 Å². The van der Waals surface area contributed by atoms with Crippen LogP contribution in [0.3, 0.4) is 0 Å². The van der Waals surface area contributed by atoms with Crippen LogP contribution in [0.5, 0.6) is 0 Å². The number of rotatable bonds is 7. The average molecular weight is 481 g/mol. The van der Waals surface area contributed by atoms with Gasteiger partial charge in [0.2, 0.25) is 5.91 Å². The second-order valence-corrected chi connectivity index (χ2v) is 6.13. The topological polar surface area (TPSA) is 78.4 Å². The van der Waals surface area contributed by atoms with E-state index < -0.39 is 0 Å². The third-order valence-corrected chi connectivity index (χ3v) is 3.71. The number of nitrogens with one attached hydrogen (secondary N) is 3. The van der Waals surface area contributed by atoms with Crippen molar-refractivity contribution in [2.75, 3.05) is 18.4 Å². The fraction of sp³-hybridized carbons (Fsp3) is 0.350. The van der Waals surface area contributed by atoms with Crippen molar-refractivity contribution >= 4 is 41.7 Å². The van der Waals surface area contributed by atoms with E-state index in [2.05, 4.69) is 57.1 Å². The van der Waals surface area contributed by atoms with Gasteiger partial charge in [0.05, 0.1) is 6.54 Å². The van der Waals surface area contributed by atoms with Crippen molar-refractivity contribution in [1.82, 2.24) is 15.6 Å². The first-order chi connectivity index (χ1) is 12.6. The monoisotopic (exact) mass is 481 g/mol. The first-order valence-electron chi connectivity index (χ1n) is 8.87. The maximum atomic E-state index is 12.0. The summed E-state index contributed by atoms with van der Waals surface area (Å²) in [5.41, 5.74) is 3.44. The zero-order chi connectivity index (χ0) is 18.8. The number of anilines is 1. The molecule has 0 radical (unpaired) electrons. The Labute approximate surface area is 178 Å². The van der Waals surface area contributed by atoms with Crippen molar-refractivity contribution in [2.45, 2.75) is 33.7 Å². The normalized spacial score (nSPS) is 10.7. The number of amides is 1. The van der Waals surface area contributed by atoms with Crippen LogP contribution in [-0.4, -0.2) is 29.9 Å². The van der Waals surface area contributed by atoms with Gasteiger partial charge in [0.1, 0.15) is 5.82 Å². The second-order valence-electron chi connectivity index (χ2n) is 6.13. The lowest BCUT2D eigenvalue weighted by atomic mass is 10.1. The van der Waals surface area contributed by atoms with E-state index in [1.807, 2.05) is 19.9 Å². The third kappa shape index (κ3) is 8.85. The van der Waals surface area contributed by atoms with Crippen LogP contribution in [0.4, 0.5) is 5.82 Å². The van der Waals surface area contributed by atoms with Crippen molar-refractivity contribution in [3.63, 3.8) is 0 Å². The molecule has 0 bridgehead atoms. The number of aromatic nitrogens is 1. The van der Waals surface area contributed by atoms with E-state index >= 15 is 0 Å². The first kappa shape index (κ1) is 22.9. The summed E-state index contributed by atoms with van der Waals surface area (Å²) in [6, 6.07) is 12.0. The van der Waals surface area contributed by atoms with Crippen LogP contribution in [-0.2, 0) is 11.3 Å². The maximum absolute atomic E-state index is 12.0. The Bertz CT molecular complexity index is 729. The Morgan fingerprint density at radius 1 is 1.04 bits per heavy atom. The van der Waals surface area contributed by atoms with Crippen LogP contribution in [0, 0.1) is 13.8 Å². The van der Waals surface area contributed by atoms with Gasteiger partial charge in [-0.1, -0.05) is 35.9 Å². The summed E-state index contributed by atoms with van der Waals surface area (Å²) < 4.78 is 0. The number of benzene rings is 1. The van der Waals surface area contributed by atoms with Crippen molar-refractivity contribution in [3.05, 3.63) is 59.3 Å². The molecule has 1 amide bonds. The van der Waals surface area contributed by atoms with Crippen molar-refractivity contribution < 1.29 is 4.79 Å². The number of carbonyl (C=O) groups is 1. The number of pyridine rings is 1. The number of aliphatic imine (C=N–C) groups is 1. The highest BCUT2D eigenvalue weighted by atomic mass is 127. The number of carbonyl (C=O) groups excluding carboxylic acids is 1. The van der Waals surface area contributed by atoms with Crippen LogP contribution in [0.25, 0.3) is 0 Å². The van der Waals surface area contributed by atoms with Gasteiger partial charge in [-0.05, 0) is 38.0 Å². The van der Waals surface area contributed by atoms with Crippen molar-refractivity contribution in [3.8, 4) is 0 Å². The lowest BCUT2D eigenvalue weighted by Crippen LogP contribution is -2.38. The van der Waals surface area contributed by atoms with Crippen LogP contribution >= 0.6 is 24.0 Å². The quantitative estimate of drug-likeness (QED) is 0.322. The van der Waals surface area contributed by atoms with Gasteiger partial charge in [0.25, 0.3) is 0 Å². The number of nitrogens with zero attached hydrogens (tertiary/aromatic N) is 2. The highest BCUT2D eigenvalue weighted by Gasteiger charge is 2.04. The largest absolute Gasteiger partial charge is 0.357 e. The van der Waals surface area contributed by atoms with E-state index in [1.54, 1.807) is 12.3 Å².